The molecule has 0 aliphatic rings. The lowest BCUT2D eigenvalue weighted by Gasteiger charge is -2.30. The Morgan fingerprint density at radius 1 is 1.17 bits per heavy atom. The molecule has 1 amide bonds. The third-order valence-electron chi connectivity index (χ3n) is 4.34. The molecule has 0 spiro atoms. The van der Waals surface area contributed by atoms with E-state index in [-0.39, 0.29) is 22.9 Å². The molecule has 2 aromatic rings. The summed E-state index contributed by atoms with van der Waals surface area (Å²) in [5.41, 5.74) is 1.05. The van der Waals surface area contributed by atoms with Gasteiger partial charge in [-0.05, 0) is 55.2 Å². The number of hydrogen-bond donors (Lipinski definition) is 1. The predicted molar refractivity (Wildman–Crippen MR) is 111 cm³/mol. The van der Waals surface area contributed by atoms with Crippen LogP contribution in [-0.4, -0.2) is 33.2 Å². The minimum atomic E-state index is -3.83. The van der Waals surface area contributed by atoms with E-state index in [1.165, 1.54) is 24.3 Å². The van der Waals surface area contributed by atoms with Crippen molar-refractivity contribution in [3.05, 3.63) is 64.7 Å². The van der Waals surface area contributed by atoms with Gasteiger partial charge in [0.15, 0.2) is 0 Å². The quantitative estimate of drug-likeness (QED) is 0.596. The first kappa shape index (κ1) is 23.1. The van der Waals surface area contributed by atoms with E-state index in [4.69, 9.17) is 11.6 Å². The van der Waals surface area contributed by atoms with Gasteiger partial charge in [-0.2, -0.15) is 0 Å². The zero-order chi connectivity index (χ0) is 21.6. The average Bonchev–Trinajstić information content (AvgIpc) is 2.66. The standard InChI is InChI=1S/C20H23ClF2N2O3S/c1-3-19(20(26)24-12-4-5-14-6-8-15(22)9-7-14)25(29(2,27)28)16-10-11-18(23)17(21)13-16/h6-11,13,19H,3-5,12H2,1-2H3,(H,24,26)/t19-/m0/s1. The molecule has 0 saturated carbocycles. The van der Waals surface area contributed by atoms with E-state index in [1.807, 2.05) is 0 Å². The average molecular weight is 445 g/mol. The number of carbonyl (C=O) groups is 1. The Hall–Kier alpha value is -2.19. The molecular formula is C20H23ClF2N2O3S. The van der Waals surface area contributed by atoms with Gasteiger partial charge in [0.2, 0.25) is 15.9 Å². The number of benzene rings is 2. The van der Waals surface area contributed by atoms with Crippen LogP contribution in [-0.2, 0) is 21.2 Å². The van der Waals surface area contributed by atoms with Crippen molar-refractivity contribution in [2.75, 3.05) is 17.1 Å². The third-order valence-corrected chi connectivity index (χ3v) is 5.81. The van der Waals surface area contributed by atoms with E-state index in [2.05, 4.69) is 5.32 Å². The fraction of sp³-hybridized carbons (Fsp3) is 0.350. The van der Waals surface area contributed by atoms with Crippen molar-refractivity contribution in [1.82, 2.24) is 5.32 Å². The molecule has 1 atom stereocenters. The molecule has 0 fully saturated rings. The number of hydrogen-bond acceptors (Lipinski definition) is 3. The Morgan fingerprint density at radius 2 is 1.83 bits per heavy atom. The molecule has 0 radical (unpaired) electrons. The number of aryl methyl sites for hydroxylation is 1. The Kier molecular flexibility index (Phi) is 7.98. The fourth-order valence-corrected chi connectivity index (χ4v) is 4.33. The molecule has 2 rings (SSSR count). The number of carbonyl (C=O) groups excluding carboxylic acids is 1. The molecule has 0 unspecified atom stereocenters. The summed E-state index contributed by atoms with van der Waals surface area (Å²) in [6.45, 7) is 2.01. The van der Waals surface area contributed by atoms with Gasteiger partial charge >= 0.3 is 0 Å². The van der Waals surface area contributed by atoms with Gasteiger partial charge in [0, 0.05) is 6.54 Å². The number of rotatable bonds is 9. The highest BCUT2D eigenvalue weighted by Crippen LogP contribution is 2.27. The first-order valence-corrected chi connectivity index (χ1v) is 11.3. The van der Waals surface area contributed by atoms with Crippen molar-refractivity contribution in [2.24, 2.45) is 0 Å². The van der Waals surface area contributed by atoms with Crippen LogP contribution in [0.4, 0.5) is 14.5 Å². The van der Waals surface area contributed by atoms with Crippen LogP contribution in [0.1, 0.15) is 25.3 Å². The topological polar surface area (TPSA) is 66.5 Å². The van der Waals surface area contributed by atoms with Crippen LogP contribution in [0.25, 0.3) is 0 Å². The van der Waals surface area contributed by atoms with E-state index in [1.54, 1.807) is 19.1 Å². The number of halogens is 3. The summed E-state index contributed by atoms with van der Waals surface area (Å²) in [7, 11) is -3.83. The Bertz CT molecular complexity index is 953. The molecule has 29 heavy (non-hydrogen) atoms. The van der Waals surface area contributed by atoms with Crippen LogP contribution >= 0.6 is 11.6 Å². The van der Waals surface area contributed by atoms with Gasteiger partial charge in [0.25, 0.3) is 0 Å². The zero-order valence-electron chi connectivity index (χ0n) is 16.2. The number of nitrogens with zero attached hydrogens (tertiary/aromatic N) is 1. The SMILES string of the molecule is CC[C@@H](C(=O)NCCCc1ccc(F)cc1)N(c1ccc(F)c(Cl)c1)S(C)(=O)=O. The van der Waals surface area contributed by atoms with Gasteiger partial charge in [0.05, 0.1) is 17.0 Å². The van der Waals surface area contributed by atoms with Crippen LogP contribution in [0.2, 0.25) is 5.02 Å². The third kappa shape index (κ3) is 6.40. The van der Waals surface area contributed by atoms with E-state index in [0.717, 1.165) is 22.2 Å². The number of nitrogens with one attached hydrogen (secondary N) is 1. The summed E-state index contributed by atoms with van der Waals surface area (Å²) >= 11 is 5.79. The van der Waals surface area contributed by atoms with Gasteiger partial charge in [-0.1, -0.05) is 30.7 Å². The molecule has 158 valence electrons. The molecule has 0 saturated heterocycles. The highest BCUT2D eigenvalue weighted by molar-refractivity contribution is 7.92. The molecule has 2 aromatic carbocycles. The molecule has 1 N–H and O–H groups in total. The minimum Gasteiger partial charge on any atom is -0.354 e. The summed E-state index contributed by atoms with van der Waals surface area (Å²) in [6.07, 6.45) is 2.44. The molecule has 0 aliphatic carbocycles. The second-order valence-electron chi connectivity index (χ2n) is 6.60. The van der Waals surface area contributed by atoms with Crippen molar-refractivity contribution in [1.29, 1.82) is 0 Å². The number of anilines is 1. The van der Waals surface area contributed by atoms with Gasteiger partial charge in [0.1, 0.15) is 17.7 Å². The summed E-state index contributed by atoms with van der Waals surface area (Å²) in [6, 6.07) is 8.61. The monoisotopic (exact) mass is 444 g/mol. The smallest absolute Gasteiger partial charge is 0.243 e. The highest BCUT2D eigenvalue weighted by Gasteiger charge is 2.31. The van der Waals surface area contributed by atoms with Gasteiger partial charge in [-0.25, -0.2) is 17.2 Å². The van der Waals surface area contributed by atoms with Crippen molar-refractivity contribution < 1.29 is 22.0 Å². The summed E-state index contributed by atoms with van der Waals surface area (Å²) in [4.78, 5) is 12.7. The van der Waals surface area contributed by atoms with Gasteiger partial charge < -0.3 is 5.32 Å². The van der Waals surface area contributed by atoms with Crippen LogP contribution in [0.3, 0.4) is 0 Å². The first-order valence-electron chi connectivity index (χ1n) is 9.10. The van der Waals surface area contributed by atoms with E-state index >= 15 is 0 Å². The van der Waals surface area contributed by atoms with Crippen molar-refractivity contribution >= 4 is 33.2 Å². The largest absolute Gasteiger partial charge is 0.354 e. The maximum atomic E-state index is 13.5. The highest BCUT2D eigenvalue weighted by atomic mass is 35.5. The summed E-state index contributed by atoms with van der Waals surface area (Å²) in [5.74, 6) is -1.45. The lowest BCUT2D eigenvalue weighted by Crippen LogP contribution is -2.49. The molecule has 0 aliphatic heterocycles. The van der Waals surface area contributed by atoms with Crippen molar-refractivity contribution in [2.45, 2.75) is 32.2 Å². The van der Waals surface area contributed by atoms with Crippen LogP contribution in [0, 0.1) is 11.6 Å². The Morgan fingerprint density at radius 3 is 2.38 bits per heavy atom. The minimum absolute atomic E-state index is 0.118. The lowest BCUT2D eigenvalue weighted by atomic mass is 10.1. The first-order chi connectivity index (χ1) is 13.6. The molecule has 0 heterocycles. The molecule has 0 bridgehead atoms. The van der Waals surface area contributed by atoms with Crippen molar-refractivity contribution in [3.8, 4) is 0 Å². The molecule has 0 aromatic heterocycles. The maximum absolute atomic E-state index is 13.5. The second kappa shape index (κ2) is 10.0. The van der Waals surface area contributed by atoms with E-state index in [0.29, 0.717) is 19.4 Å². The summed E-state index contributed by atoms with van der Waals surface area (Å²) in [5, 5.41) is 2.51. The van der Waals surface area contributed by atoms with Crippen LogP contribution < -0.4 is 9.62 Å². The zero-order valence-corrected chi connectivity index (χ0v) is 17.7. The molecular weight excluding hydrogens is 422 g/mol. The second-order valence-corrected chi connectivity index (χ2v) is 8.87. The van der Waals surface area contributed by atoms with Gasteiger partial charge in [-0.15, -0.1) is 0 Å². The molecule has 5 nitrogen and oxygen atoms in total. The van der Waals surface area contributed by atoms with Gasteiger partial charge in [-0.3, -0.25) is 9.10 Å². The van der Waals surface area contributed by atoms with Crippen LogP contribution in [0.15, 0.2) is 42.5 Å². The normalized spacial score (nSPS) is 12.4. The summed E-state index contributed by atoms with van der Waals surface area (Å²) < 4.78 is 52.1. The maximum Gasteiger partial charge on any atom is 0.243 e. The Labute approximate surface area is 174 Å². The van der Waals surface area contributed by atoms with Crippen LogP contribution in [0.5, 0.6) is 0 Å². The predicted octanol–water partition coefficient (Wildman–Crippen LogP) is 3.91. The molecule has 9 heteroatoms. The van der Waals surface area contributed by atoms with E-state index in [9.17, 15) is 22.0 Å². The Balaban J connectivity index is 2.07. The fourth-order valence-electron chi connectivity index (χ4n) is 2.96. The number of amides is 1. The lowest BCUT2D eigenvalue weighted by molar-refractivity contribution is -0.122. The number of sulfonamides is 1. The van der Waals surface area contributed by atoms with E-state index < -0.39 is 27.8 Å². The van der Waals surface area contributed by atoms with Crippen molar-refractivity contribution in [3.63, 3.8) is 0 Å².